The van der Waals surface area contributed by atoms with E-state index in [9.17, 15) is 0 Å². The Kier molecular flexibility index (Phi) is 4.30. The zero-order chi connectivity index (χ0) is 24.4. The van der Waals surface area contributed by atoms with Gasteiger partial charge in [-0.1, -0.05) is 60.7 Å². The molecule has 0 radical (unpaired) electrons. The smallest absolute Gasteiger partial charge is 0.216 e. The lowest BCUT2D eigenvalue weighted by Crippen LogP contribution is -2.30. The first-order valence-corrected chi connectivity index (χ1v) is 12.0. The van der Waals surface area contributed by atoms with Crippen molar-refractivity contribution in [2.24, 2.45) is 7.05 Å². The van der Waals surface area contributed by atoms with Crippen LogP contribution in [0.5, 0.6) is 0 Å². The average molecular weight is 465 g/mol. The van der Waals surface area contributed by atoms with Crippen LogP contribution in [0.4, 0.5) is 5.69 Å². The van der Waals surface area contributed by atoms with Crippen molar-refractivity contribution in [1.29, 1.82) is 0 Å². The molecule has 0 spiro atoms. The fraction of sp³-hybridized carbons (Fsp3) is 0.0625. The monoisotopic (exact) mass is 464 g/mol. The minimum absolute atomic E-state index is 0.629. The highest BCUT2D eigenvalue weighted by Crippen LogP contribution is 2.42. The van der Waals surface area contributed by atoms with E-state index < -0.39 is 0 Å². The maximum absolute atomic E-state index is 7.86. The van der Waals surface area contributed by atoms with Crippen LogP contribution in [0.1, 0.15) is 5.56 Å². The van der Waals surface area contributed by atoms with Crippen molar-refractivity contribution in [2.45, 2.75) is 6.92 Å². The molecule has 7 rings (SSSR count). The molecule has 36 heavy (non-hydrogen) atoms. The molecular weight excluding hydrogens is 442 g/mol. The van der Waals surface area contributed by atoms with Gasteiger partial charge in [0.15, 0.2) is 11.8 Å². The van der Waals surface area contributed by atoms with Crippen LogP contribution in [-0.2, 0) is 7.05 Å². The number of benzene rings is 4. The van der Waals surface area contributed by atoms with E-state index in [1.165, 1.54) is 0 Å². The average Bonchev–Trinajstić information content (AvgIpc) is 3.45. The highest BCUT2D eigenvalue weighted by atomic mass is 16.3. The number of rotatable bonds is 2. The van der Waals surface area contributed by atoms with Gasteiger partial charge < -0.3 is 8.98 Å². The number of furan rings is 1. The largest absolute Gasteiger partial charge is 0.453 e. The molecular formula is C32H22N3O+. The zero-order valence-electron chi connectivity index (χ0n) is 20.0. The lowest BCUT2D eigenvalue weighted by atomic mass is 10.0. The molecule has 0 aliphatic carbocycles. The second kappa shape index (κ2) is 7.56. The van der Waals surface area contributed by atoms with Crippen molar-refractivity contribution in [3.8, 4) is 16.9 Å². The summed E-state index contributed by atoms with van der Waals surface area (Å²) in [7, 11) is 2.06. The minimum atomic E-state index is 0.629. The van der Waals surface area contributed by atoms with Gasteiger partial charge in [0.2, 0.25) is 11.4 Å². The third-order valence-corrected chi connectivity index (χ3v) is 7.20. The predicted molar refractivity (Wildman–Crippen MR) is 146 cm³/mol. The molecule has 0 unspecified atom stereocenters. The molecule has 3 heterocycles. The van der Waals surface area contributed by atoms with E-state index in [2.05, 4.69) is 94.8 Å². The number of aromatic nitrogens is 2. The first-order chi connectivity index (χ1) is 17.7. The molecule has 4 aromatic carbocycles. The molecule has 170 valence electrons. The lowest BCUT2D eigenvalue weighted by Gasteiger charge is -2.09. The second-order valence-corrected chi connectivity index (χ2v) is 9.22. The van der Waals surface area contributed by atoms with E-state index in [1.54, 1.807) is 0 Å². The van der Waals surface area contributed by atoms with E-state index >= 15 is 0 Å². The van der Waals surface area contributed by atoms with E-state index in [0.717, 1.165) is 66.3 Å². The Hall–Kier alpha value is -4.88. The van der Waals surface area contributed by atoms with Crippen LogP contribution in [0.15, 0.2) is 102 Å². The highest BCUT2D eigenvalue weighted by molar-refractivity contribution is 6.16. The van der Waals surface area contributed by atoms with Crippen LogP contribution >= 0.6 is 0 Å². The maximum atomic E-state index is 7.86. The Labute approximate surface area is 208 Å². The van der Waals surface area contributed by atoms with Crippen molar-refractivity contribution in [2.75, 3.05) is 0 Å². The first kappa shape index (κ1) is 20.5. The number of aryl methyl sites for hydroxylation is 2. The van der Waals surface area contributed by atoms with E-state index in [-0.39, 0.29) is 0 Å². The van der Waals surface area contributed by atoms with E-state index in [4.69, 9.17) is 11.0 Å². The van der Waals surface area contributed by atoms with Crippen molar-refractivity contribution in [3.63, 3.8) is 0 Å². The van der Waals surface area contributed by atoms with Crippen LogP contribution in [-0.4, -0.2) is 4.57 Å². The molecule has 0 amide bonds. The van der Waals surface area contributed by atoms with Gasteiger partial charge in [0.25, 0.3) is 0 Å². The van der Waals surface area contributed by atoms with Crippen LogP contribution in [0.25, 0.3) is 65.5 Å². The normalized spacial score (nSPS) is 11.6. The fourth-order valence-electron chi connectivity index (χ4n) is 5.56. The van der Waals surface area contributed by atoms with Gasteiger partial charge in [-0.25, -0.2) is 9.41 Å². The number of hydrogen-bond acceptors (Lipinski definition) is 1. The fourth-order valence-corrected chi connectivity index (χ4v) is 5.56. The molecule has 4 heteroatoms. The lowest BCUT2D eigenvalue weighted by molar-refractivity contribution is -0.660. The molecule has 0 saturated carbocycles. The van der Waals surface area contributed by atoms with Crippen molar-refractivity contribution in [1.82, 2.24) is 4.57 Å². The Bertz CT molecular complexity index is 2030. The Balaban J connectivity index is 1.65. The van der Waals surface area contributed by atoms with Gasteiger partial charge >= 0.3 is 0 Å². The Morgan fingerprint density at radius 2 is 1.50 bits per heavy atom. The van der Waals surface area contributed by atoms with Crippen LogP contribution in [0, 0.1) is 13.5 Å². The molecule has 0 aliphatic heterocycles. The third-order valence-electron chi connectivity index (χ3n) is 7.20. The summed E-state index contributed by atoms with van der Waals surface area (Å²) in [5.41, 5.74) is 8.60. The van der Waals surface area contributed by atoms with Crippen LogP contribution < -0.4 is 4.57 Å². The molecule has 0 bridgehead atoms. The summed E-state index contributed by atoms with van der Waals surface area (Å²) in [5, 5.41) is 4.34. The molecule has 0 N–H and O–H groups in total. The minimum Gasteiger partial charge on any atom is -0.453 e. The van der Waals surface area contributed by atoms with Gasteiger partial charge in [0.1, 0.15) is 12.6 Å². The van der Waals surface area contributed by atoms with E-state index in [1.807, 2.05) is 30.3 Å². The molecule has 0 fully saturated rings. The number of hydrogen-bond donors (Lipinski definition) is 0. The summed E-state index contributed by atoms with van der Waals surface area (Å²) in [6, 6.07) is 31.1. The quantitative estimate of drug-likeness (QED) is 0.188. The van der Waals surface area contributed by atoms with Gasteiger partial charge in [-0.15, -0.1) is 0 Å². The summed E-state index contributed by atoms with van der Waals surface area (Å²) >= 11 is 0. The van der Waals surface area contributed by atoms with Gasteiger partial charge in [0, 0.05) is 28.3 Å². The zero-order valence-corrected chi connectivity index (χ0v) is 20.0. The summed E-state index contributed by atoms with van der Waals surface area (Å²) in [6.45, 7) is 9.99. The molecule has 7 aromatic rings. The van der Waals surface area contributed by atoms with Gasteiger partial charge in [-0.2, -0.15) is 0 Å². The van der Waals surface area contributed by atoms with Crippen molar-refractivity contribution < 1.29 is 8.98 Å². The SMILES string of the molecule is [C-]#[N+]c1cccc2c3ccccc3n(-c3cccc4c3oc3c(-c5cccc[n+]5C)c(C)ccc34)c12. The van der Waals surface area contributed by atoms with Gasteiger partial charge in [-0.05, 0) is 36.1 Å². The summed E-state index contributed by atoms with van der Waals surface area (Å²) in [4.78, 5) is 3.87. The summed E-state index contributed by atoms with van der Waals surface area (Å²) in [6.07, 6.45) is 2.06. The Morgan fingerprint density at radius 3 is 2.36 bits per heavy atom. The molecule has 0 saturated heterocycles. The second-order valence-electron chi connectivity index (χ2n) is 9.22. The van der Waals surface area contributed by atoms with Crippen LogP contribution in [0.3, 0.4) is 0 Å². The topological polar surface area (TPSA) is 26.3 Å². The van der Waals surface area contributed by atoms with Gasteiger partial charge in [0.05, 0.1) is 28.9 Å². The number of pyridine rings is 1. The highest BCUT2D eigenvalue weighted by Gasteiger charge is 2.23. The molecule has 0 aliphatic rings. The predicted octanol–water partition coefficient (Wildman–Crippen LogP) is 8.03. The van der Waals surface area contributed by atoms with E-state index in [0.29, 0.717) is 5.69 Å². The summed E-state index contributed by atoms with van der Waals surface area (Å²) in [5.74, 6) is 0. The summed E-state index contributed by atoms with van der Waals surface area (Å²) < 4.78 is 11.1. The van der Waals surface area contributed by atoms with Crippen molar-refractivity contribution >= 4 is 49.4 Å². The molecule has 4 nitrogen and oxygen atoms in total. The molecule has 3 aromatic heterocycles. The van der Waals surface area contributed by atoms with Crippen molar-refractivity contribution in [3.05, 3.63) is 114 Å². The molecule has 0 atom stereocenters. The first-order valence-electron chi connectivity index (χ1n) is 12.0. The van der Waals surface area contributed by atoms with Gasteiger partial charge in [-0.3, -0.25) is 0 Å². The maximum Gasteiger partial charge on any atom is 0.216 e. The standard InChI is InChI=1S/C32H22N3O/c1-20-17-18-24-23-12-9-16-28(31(23)36-32(24)29(20)27-15-6-7-19-34(27)3)35-26-14-5-4-10-21(26)22-11-8-13-25(33-2)30(22)35/h4-19H,1,3H3/q+1. The van der Waals surface area contributed by atoms with Crippen LogP contribution in [0.2, 0.25) is 0 Å². The third kappa shape index (κ3) is 2.71. The number of nitrogens with zero attached hydrogens (tertiary/aromatic N) is 3. The Morgan fingerprint density at radius 1 is 0.750 bits per heavy atom. The number of fused-ring (bicyclic) bond motifs is 6. The number of para-hydroxylation sites is 3.